The van der Waals surface area contributed by atoms with Crippen molar-refractivity contribution in [3.63, 3.8) is 0 Å². The number of hydrogen-bond acceptors (Lipinski definition) is 5. The van der Waals surface area contributed by atoms with E-state index in [0.29, 0.717) is 37.2 Å². The molecule has 3 aromatic rings. The largest absolute Gasteiger partial charge is 0.508 e. The van der Waals surface area contributed by atoms with Crippen LogP contribution in [0.4, 0.5) is 5.69 Å². The van der Waals surface area contributed by atoms with Crippen molar-refractivity contribution in [2.24, 2.45) is 5.73 Å². The zero-order valence-corrected chi connectivity index (χ0v) is 21.9. The molecule has 1 aliphatic rings. The summed E-state index contributed by atoms with van der Waals surface area (Å²) in [5, 5.41) is 13.0. The van der Waals surface area contributed by atoms with Crippen molar-refractivity contribution in [3.8, 4) is 11.5 Å². The van der Waals surface area contributed by atoms with E-state index < -0.39 is 6.04 Å². The molecule has 7 nitrogen and oxygen atoms in total. The summed E-state index contributed by atoms with van der Waals surface area (Å²) in [5.74, 6) is 0.477. The Morgan fingerprint density at radius 3 is 2.41 bits per heavy atom. The number of benzene rings is 3. The highest BCUT2D eigenvalue weighted by atomic mass is 16.5. The third-order valence-corrected chi connectivity index (χ3v) is 7.06. The van der Waals surface area contributed by atoms with Crippen LogP contribution in [-0.4, -0.2) is 36.6 Å². The number of amides is 2. The van der Waals surface area contributed by atoms with Crippen molar-refractivity contribution in [1.82, 2.24) is 5.32 Å². The normalized spacial score (nSPS) is 15.6. The molecule has 0 bridgehead atoms. The number of carbonyl (C=O) groups is 2. The van der Waals surface area contributed by atoms with Crippen molar-refractivity contribution in [2.45, 2.75) is 52.1 Å². The van der Waals surface area contributed by atoms with E-state index in [0.717, 1.165) is 33.4 Å². The number of nitrogens with one attached hydrogen (secondary N) is 1. The van der Waals surface area contributed by atoms with Crippen molar-refractivity contribution in [1.29, 1.82) is 0 Å². The number of ether oxygens (including phenoxy) is 1. The highest BCUT2D eigenvalue weighted by molar-refractivity contribution is 5.95. The van der Waals surface area contributed by atoms with Gasteiger partial charge in [0.1, 0.15) is 11.5 Å². The van der Waals surface area contributed by atoms with Gasteiger partial charge in [-0.05, 0) is 79.1 Å². The van der Waals surface area contributed by atoms with E-state index >= 15 is 0 Å². The summed E-state index contributed by atoms with van der Waals surface area (Å²) in [6.07, 6.45) is 1.63. The number of rotatable bonds is 7. The molecule has 0 fully saturated rings. The highest BCUT2D eigenvalue weighted by Crippen LogP contribution is 2.42. The topological polar surface area (TPSA) is 105 Å². The van der Waals surface area contributed by atoms with Crippen LogP contribution >= 0.6 is 0 Å². The molecule has 0 saturated carbocycles. The van der Waals surface area contributed by atoms with E-state index in [2.05, 4.69) is 23.5 Å². The van der Waals surface area contributed by atoms with Gasteiger partial charge in [0, 0.05) is 19.0 Å². The molecule has 3 aromatic carbocycles. The van der Waals surface area contributed by atoms with Gasteiger partial charge in [0.05, 0.1) is 24.9 Å². The first-order valence-corrected chi connectivity index (χ1v) is 12.6. The molecule has 1 aliphatic heterocycles. The number of phenols is 1. The number of phenolic OH excluding ortho intramolecular Hbond substituents is 1. The number of nitrogens with zero attached hydrogens (tertiary/aromatic N) is 1. The molecular weight excluding hydrogens is 466 g/mol. The van der Waals surface area contributed by atoms with E-state index in [1.165, 1.54) is 6.92 Å². The van der Waals surface area contributed by atoms with Crippen LogP contribution in [0.25, 0.3) is 0 Å². The lowest BCUT2D eigenvalue weighted by Crippen LogP contribution is -2.46. The van der Waals surface area contributed by atoms with Gasteiger partial charge in [-0.2, -0.15) is 0 Å². The molecule has 194 valence electrons. The van der Waals surface area contributed by atoms with Crippen molar-refractivity contribution >= 4 is 17.5 Å². The Kier molecular flexibility index (Phi) is 7.83. The van der Waals surface area contributed by atoms with Crippen molar-refractivity contribution in [2.75, 3.05) is 18.6 Å². The molecule has 2 atom stereocenters. The van der Waals surface area contributed by atoms with Gasteiger partial charge in [-0.3, -0.25) is 9.59 Å². The number of methoxy groups -OCH3 is 1. The second kappa shape index (κ2) is 11.0. The average Bonchev–Trinajstić information content (AvgIpc) is 2.86. The van der Waals surface area contributed by atoms with Gasteiger partial charge in [0.15, 0.2) is 0 Å². The summed E-state index contributed by atoms with van der Waals surface area (Å²) in [5.41, 5.74) is 12.9. The Morgan fingerprint density at radius 2 is 1.78 bits per heavy atom. The van der Waals surface area contributed by atoms with Crippen LogP contribution in [0, 0.1) is 13.8 Å². The fraction of sp³-hybridized carbons (Fsp3) is 0.333. The van der Waals surface area contributed by atoms with Gasteiger partial charge in [-0.25, -0.2) is 0 Å². The third kappa shape index (κ3) is 5.78. The Bertz CT molecular complexity index is 1280. The zero-order chi connectivity index (χ0) is 26.7. The van der Waals surface area contributed by atoms with Crippen LogP contribution < -0.4 is 20.7 Å². The molecule has 1 heterocycles. The Balaban J connectivity index is 1.63. The summed E-state index contributed by atoms with van der Waals surface area (Å²) < 4.78 is 5.74. The van der Waals surface area contributed by atoms with Gasteiger partial charge in [-0.15, -0.1) is 0 Å². The second-order valence-corrected chi connectivity index (χ2v) is 9.79. The van der Waals surface area contributed by atoms with Crippen LogP contribution in [0.1, 0.15) is 52.8 Å². The summed E-state index contributed by atoms with van der Waals surface area (Å²) in [6, 6.07) is 16.5. The lowest BCUT2D eigenvalue weighted by atomic mass is 9.91. The first-order valence-electron chi connectivity index (χ1n) is 12.6. The number of nitrogens with two attached hydrogens (primary N) is 1. The number of fused-ring (bicyclic) bond motifs is 1. The molecule has 0 radical (unpaired) electrons. The van der Waals surface area contributed by atoms with Crippen molar-refractivity contribution in [3.05, 3.63) is 88.0 Å². The minimum Gasteiger partial charge on any atom is -0.508 e. The Hall–Kier alpha value is -3.84. The molecule has 2 amide bonds. The second-order valence-electron chi connectivity index (χ2n) is 9.79. The van der Waals surface area contributed by atoms with Gasteiger partial charge >= 0.3 is 0 Å². The number of aromatic hydroxyl groups is 1. The van der Waals surface area contributed by atoms with E-state index in [4.69, 9.17) is 10.5 Å². The number of anilines is 1. The molecule has 0 aromatic heterocycles. The smallest absolute Gasteiger partial charge is 0.237 e. The molecule has 2 unspecified atom stereocenters. The van der Waals surface area contributed by atoms with E-state index in [9.17, 15) is 14.7 Å². The number of aryl methyl sites for hydroxylation is 2. The fourth-order valence-electron chi connectivity index (χ4n) is 5.21. The molecule has 0 saturated heterocycles. The summed E-state index contributed by atoms with van der Waals surface area (Å²) in [7, 11) is 1.60. The predicted molar refractivity (Wildman–Crippen MR) is 145 cm³/mol. The average molecular weight is 502 g/mol. The molecule has 0 spiro atoms. The molecule has 4 rings (SSSR count). The Labute approximate surface area is 218 Å². The maximum absolute atomic E-state index is 13.3. The van der Waals surface area contributed by atoms with E-state index in [1.54, 1.807) is 24.1 Å². The predicted octanol–water partition coefficient (Wildman–Crippen LogP) is 4.09. The lowest BCUT2D eigenvalue weighted by Gasteiger charge is -2.36. The maximum Gasteiger partial charge on any atom is 0.237 e. The first-order chi connectivity index (χ1) is 17.7. The van der Waals surface area contributed by atoms with E-state index in [1.807, 2.05) is 38.1 Å². The Morgan fingerprint density at radius 1 is 1.11 bits per heavy atom. The molecule has 4 N–H and O–H groups in total. The van der Waals surface area contributed by atoms with Crippen molar-refractivity contribution < 1.29 is 19.4 Å². The minimum atomic E-state index is -0.759. The van der Waals surface area contributed by atoms with Gasteiger partial charge in [-0.1, -0.05) is 36.4 Å². The van der Waals surface area contributed by atoms with Crippen LogP contribution in [0.15, 0.2) is 54.6 Å². The molecular formula is C30H35N3O4. The van der Waals surface area contributed by atoms with Crippen LogP contribution in [0.5, 0.6) is 11.5 Å². The summed E-state index contributed by atoms with van der Waals surface area (Å²) in [6.45, 7) is 5.81. The highest BCUT2D eigenvalue weighted by Gasteiger charge is 2.32. The SMILES string of the molecule is COc1cc(Cc2ccccc2)cc2c1N(C(C)=O)CCC2NC(=O)C(N)Cc1c(C)cc(O)cc1C. The zero-order valence-electron chi connectivity index (χ0n) is 21.9. The van der Waals surface area contributed by atoms with Gasteiger partial charge in [0.2, 0.25) is 11.8 Å². The standard InChI is InChI=1S/C30H35N3O4/c1-18-12-23(35)13-19(2)24(18)17-26(31)30(36)32-27-10-11-33(20(3)34)29-25(27)15-22(16-28(29)37-4)14-21-8-6-5-7-9-21/h5-9,12-13,15-16,26-27,35H,10-11,14,17,31H2,1-4H3,(H,32,36). The number of carbonyl (C=O) groups excluding carboxylic acids is 2. The third-order valence-electron chi connectivity index (χ3n) is 7.06. The molecule has 37 heavy (non-hydrogen) atoms. The van der Waals surface area contributed by atoms with Gasteiger partial charge in [0.25, 0.3) is 0 Å². The molecule has 7 heteroatoms. The maximum atomic E-state index is 13.3. The minimum absolute atomic E-state index is 0.0740. The van der Waals surface area contributed by atoms with Gasteiger partial charge < -0.3 is 25.8 Å². The summed E-state index contributed by atoms with van der Waals surface area (Å²) >= 11 is 0. The van der Waals surface area contributed by atoms with Crippen LogP contribution in [0.2, 0.25) is 0 Å². The van der Waals surface area contributed by atoms with Crippen LogP contribution in [-0.2, 0) is 22.4 Å². The van der Waals surface area contributed by atoms with Crippen LogP contribution in [0.3, 0.4) is 0 Å². The fourth-order valence-corrected chi connectivity index (χ4v) is 5.21. The first kappa shape index (κ1) is 26.2. The lowest BCUT2D eigenvalue weighted by molar-refractivity contribution is -0.123. The number of hydrogen-bond donors (Lipinski definition) is 3. The molecule has 0 aliphatic carbocycles. The monoisotopic (exact) mass is 501 g/mol. The quantitative estimate of drug-likeness (QED) is 0.452. The van der Waals surface area contributed by atoms with E-state index in [-0.39, 0.29) is 23.6 Å². The summed E-state index contributed by atoms with van der Waals surface area (Å²) in [4.78, 5) is 27.5.